The van der Waals surface area contributed by atoms with Gasteiger partial charge in [0, 0.05) is 12.5 Å². The van der Waals surface area contributed by atoms with Gasteiger partial charge in [-0.25, -0.2) is 0 Å². The van der Waals surface area contributed by atoms with Crippen LogP contribution in [0.1, 0.15) is 25.3 Å². The SMILES string of the molecule is CCCCOCCOc1ccc(CCl)cc1Cl. The molecule has 0 N–H and O–H groups in total. The molecular formula is C13H18Cl2O2. The molecule has 17 heavy (non-hydrogen) atoms. The summed E-state index contributed by atoms with van der Waals surface area (Å²) < 4.78 is 10.9. The molecule has 0 aliphatic carbocycles. The van der Waals surface area contributed by atoms with Crippen LogP contribution in [-0.4, -0.2) is 19.8 Å². The second-order valence-corrected chi connectivity index (χ2v) is 4.39. The Kier molecular flexibility index (Phi) is 7.41. The third kappa shape index (κ3) is 5.62. The number of hydrogen-bond acceptors (Lipinski definition) is 2. The van der Waals surface area contributed by atoms with Crippen LogP contribution in [0.5, 0.6) is 5.75 Å². The highest BCUT2D eigenvalue weighted by Crippen LogP contribution is 2.25. The van der Waals surface area contributed by atoms with E-state index in [0.717, 1.165) is 25.0 Å². The van der Waals surface area contributed by atoms with E-state index in [4.69, 9.17) is 32.7 Å². The lowest BCUT2D eigenvalue weighted by molar-refractivity contribution is 0.0981. The zero-order valence-corrected chi connectivity index (χ0v) is 11.6. The van der Waals surface area contributed by atoms with Gasteiger partial charge in [0.2, 0.25) is 0 Å². The molecule has 0 fully saturated rings. The van der Waals surface area contributed by atoms with Crippen LogP contribution in [0.4, 0.5) is 0 Å². The molecule has 96 valence electrons. The quantitative estimate of drug-likeness (QED) is 0.521. The van der Waals surface area contributed by atoms with Gasteiger partial charge in [0.15, 0.2) is 0 Å². The van der Waals surface area contributed by atoms with Crippen molar-refractivity contribution >= 4 is 23.2 Å². The van der Waals surface area contributed by atoms with E-state index < -0.39 is 0 Å². The fourth-order valence-corrected chi connectivity index (χ4v) is 1.73. The molecule has 0 heterocycles. The summed E-state index contributed by atoms with van der Waals surface area (Å²) in [4.78, 5) is 0. The van der Waals surface area contributed by atoms with Crippen molar-refractivity contribution in [1.29, 1.82) is 0 Å². The average Bonchev–Trinajstić information content (AvgIpc) is 2.35. The molecule has 0 aliphatic rings. The summed E-state index contributed by atoms with van der Waals surface area (Å²) in [5.74, 6) is 1.14. The van der Waals surface area contributed by atoms with Crippen molar-refractivity contribution in [2.75, 3.05) is 19.8 Å². The van der Waals surface area contributed by atoms with Gasteiger partial charge >= 0.3 is 0 Å². The minimum absolute atomic E-state index is 0.458. The lowest BCUT2D eigenvalue weighted by Gasteiger charge is -2.09. The molecule has 1 aromatic rings. The normalized spacial score (nSPS) is 10.5. The Balaban J connectivity index is 2.27. The van der Waals surface area contributed by atoms with Crippen molar-refractivity contribution in [3.63, 3.8) is 0 Å². The molecule has 0 radical (unpaired) electrons. The van der Waals surface area contributed by atoms with E-state index in [2.05, 4.69) is 6.92 Å². The van der Waals surface area contributed by atoms with Gasteiger partial charge < -0.3 is 9.47 Å². The van der Waals surface area contributed by atoms with E-state index in [9.17, 15) is 0 Å². The minimum Gasteiger partial charge on any atom is -0.490 e. The zero-order valence-electron chi connectivity index (χ0n) is 10.0. The summed E-state index contributed by atoms with van der Waals surface area (Å²) >= 11 is 11.8. The topological polar surface area (TPSA) is 18.5 Å². The summed E-state index contributed by atoms with van der Waals surface area (Å²) in [7, 11) is 0. The first-order valence-corrected chi connectivity index (χ1v) is 6.74. The monoisotopic (exact) mass is 276 g/mol. The van der Waals surface area contributed by atoms with Gasteiger partial charge in [0.05, 0.1) is 11.6 Å². The fourth-order valence-electron chi connectivity index (χ4n) is 1.30. The van der Waals surface area contributed by atoms with Crippen molar-refractivity contribution in [2.45, 2.75) is 25.6 Å². The number of rotatable bonds is 8. The molecule has 0 aromatic heterocycles. The maximum Gasteiger partial charge on any atom is 0.138 e. The van der Waals surface area contributed by atoms with Gasteiger partial charge in [0.1, 0.15) is 12.4 Å². The second-order valence-electron chi connectivity index (χ2n) is 3.71. The van der Waals surface area contributed by atoms with Crippen LogP contribution in [0.3, 0.4) is 0 Å². The number of alkyl halides is 1. The Morgan fingerprint density at radius 1 is 1.18 bits per heavy atom. The number of ether oxygens (including phenoxy) is 2. The molecular weight excluding hydrogens is 259 g/mol. The first-order chi connectivity index (χ1) is 8.27. The van der Waals surface area contributed by atoms with Crippen LogP contribution in [0.2, 0.25) is 5.02 Å². The molecule has 0 aliphatic heterocycles. The standard InChI is InChI=1S/C13H18Cl2O2/c1-2-3-6-16-7-8-17-13-5-4-11(10-14)9-12(13)15/h4-5,9H,2-3,6-8,10H2,1H3. The third-order valence-electron chi connectivity index (χ3n) is 2.28. The molecule has 0 unspecified atom stereocenters. The largest absolute Gasteiger partial charge is 0.490 e. The van der Waals surface area contributed by atoms with E-state index in [0.29, 0.717) is 29.9 Å². The molecule has 4 heteroatoms. The van der Waals surface area contributed by atoms with E-state index in [1.54, 1.807) is 0 Å². The molecule has 0 bridgehead atoms. The molecule has 0 amide bonds. The fraction of sp³-hybridized carbons (Fsp3) is 0.538. The van der Waals surface area contributed by atoms with Gasteiger partial charge in [-0.05, 0) is 24.1 Å². The van der Waals surface area contributed by atoms with Crippen molar-refractivity contribution in [3.8, 4) is 5.75 Å². The van der Waals surface area contributed by atoms with Gasteiger partial charge in [-0.2, -0.15) is 0 Å². The smallest absolute Gasteiger partial charge is 0.138 e. The van der Waals surface area contributed by atoms with E-state index in [1.165, 1.54) is 0 Å². The van der Waals surface area contributed by atoms with Crippen LogP contribution in [0, 0.1) is 0 Å². The van der Waals surface area contributed by atoms with Crippen LogP contribution in [-0.2, 0) is 10.6 Å². The molecule has 1 rings (SSSR count). The lowest BCUT2D eigenvalue weighted by atomic mass is 10.2. The summed E-state index contributed by atoms with van der Waals surface area (Å²) in [5, 5.41) is 0.594. The van der Waals surface area contributed by atoms with Gasteiger partial charge in [0.25, 0.3) is 0 Å². The van der Waals surface area contributed by atoms with Gasteiger partial charge in [-0.1, -0.05) is 31.0 Å². The predicted molar refractivity (Wildman–Crippen MR) is 72.2 cm³/mol. The molecule has 0 saturated carbocycles. The maximum atomic E-state index is 6.05. The summed E-state index contributed by atoms with van der Waals surface area (Å²) in [5.41, 5.74) is 0.989. The van der Waals surface area contributed by atoms with Crippen LogP contribution in [0.15, 0.2) is 18.2 Å². The summed E-state index contributed by atoms with van der Waals surface area (Å²) in [6.07, 6.45) is 2.23. The number of unbranched alkanes of at least 4 members (excludes halogenated alkanes) is 1. The maximum absolute atomic E-state index is 6.05. The van der Waals surface area contributed by atoms with Gasteiger partial charge in [-0.3, -0.25) is 0 Å². The van der Waals surface area contributed by atoms with Crippen molar-refractivity contribution < 1.29 is 9.47 Å². The Morgan fingerprint density at radius 3 is 2.65 bits per heavy atom. The average molecular weight is 277 g/mol. The van der Waals surface area contributed by atoms with Crippen molar-refractivity contribution in [2.24, 2.45) is 0 Å². The van der Waals surface area contributed by atoms with E-state index in [1.807, 2.05) is 18.2 Å². The highest BCUT2D eigenvalue weighted by molar-refractivity contribution is 6.32. The predicted octanol–water partition coefficient (Wildman–Crippen LogP) is 4.27. The Morgan fingerprint density at radius 2 is 2.00 bits per heavy atom. The highest BCUT2D eigenvalue weighted by atomic mass is 35.5. The number of benzene rings is 1. The van der Waals surface area contributed by atoms with Crippen molar-refractivity contribution in [3.05, 3.63) is 28.8 Å². The number of hydrogen-bond donors (Lipinski definition) is 0. The zero-order chi connectivity index (χ0) is 12.5. The minimum atomic E-state index is 0.458. The van der Waals surface area contributed by atoms with Crippen LogP contribution < -0.4 is 4.74 Å². The second kappa shape index (κ2) is 8.62. The van der Waals surface area contributed by atoms with Gasteiger partial charge in [-0.15, -0.1) is 11.6 Å². The summed E-state index contributed by atoms with van der Waals surface area (Å²) in [6, 6.07) is 5.57. The number of halogens is 2. The molecule has 2 nitrogen and oxygen atoms in total. The van der Waals surface area contributed by atoms with Crippen LogP contribution in [0.25, 0.3) is 0 Å². The van der Waals surface area contributed by atoms with E-state index in [-0.39, 0.29) is 0 Å². The first kappa shape index (κ1) is 14.6. The third-order valence-corrected chi connectivity index (χ3v) is 2.88. The molecule has 0 atom stereocenters. The molecule has 1 aromatic carbocycles. The Bertz CT molecular complexity index is 329. The highest BCUT2D eigenvalue weighted by Gasteiger charge is 2.02. The molecule has 0 spiro atoms. The Hall–Kier alpha value is -0.440. The van der Waals surface area contributed by atoms with E-state index >= 15 is 0 Å². The van der Waals surface area contributed by atoms with Crippen molar-refractivity contribution in [1.82, 2.24) is 0 Å². The lowest BCUT2D eigenvalue weighted by Crippen LogP contribution is -2.07. The molecule has 0 saturated heterocycles. The Labute approximate surface area is 113 Å². The summed E-state index contributed by atoms with van der Waals surface area (Å²) in [6.45, 7) is 4.04. The first-order valence-electron chi connectivity index (χ1n) is 5.83. The van der Waals surface area contributed by atoms with Crippen LogP contribution >= 0.6 is 23.2 Å².